The number of nitrogens with zero attached hydrogens (tertiary/aromatic N) is 4. The van der Waals surface area contributed by atoms with Gasteiger partial charge in [-0.05, 0) is 12.1 Å². The molecule has 4 rings (SSSR count). The van der Waals surface area contributed by atoms with Crippen LogP contribution in [0.5, 0.6) is 0 Å². The Bertz CT molecular complexity index is 602. The molecule has 0 unspecified atom stereocenters. The van der Waals surface area contributed by atoms with E-state index in [0.29, 0.717) is 13.2 Å². The van der Waals surface area contributed by atoms with Crippen molar-refractivity contribution in [3.05, 3.63) is 30.6 Å². The Kier molecular flexibility index (Phi) is 2.76. The van der Waals surface area contributed by atoms with Crippen molar-refractivity contribution < 1.29 is 15.2 Å². The van der Waals surface area contributed by atoms with Gasteiger partial charge in [-0.3, -0.25) is 4.98 Å². The average molecular weight is 274 g/mol. The molecule has 2 aromatic rings. The Morgan fingerprint density at radius 2 is 2.05 bits per heavy atom. The van der Waals surface area contributed by atoms with Crippen LogP contribution in [0.4, 0.5) is 0 Å². The lowest BCUT2D eigenvalue weighted by Crippen LogP contribution is -2.66. The molecule has 4 atom stereocenters. The van der Waals surface area contributed by atoms with Crippen molar-refractivity contribution in [2.75, 3.05) is 13.2 Å². The molecule has 2 aliphatic heterocycles. The van der Waals surface area contributed by atoms with Gasteiger partial charge in [0, 0.05) is 6.20 Å². The van der Waals surface area contributed by atoms with Crippen LogP contribution in [0.15, 0.2) is 30.6 Å². The number of hydrogen-bond acceptors (Lipinski definition) is 5. The van der Waals surface area contributed by atoms with Crippen molar-refractivity contribution in [2.45, 2.75) is 24.3 Å². The minimum absolute atomic E-state index is 0.0239. The fraction of sp³-hybridized carbons (Fsp3) is 0.462. The Morgan fingerprint density at radius 3 is 2.90 bits per heavy atom. The summed E-state index contributed by atoms with van der Waals surface area (Å²) in [5.74, 6) is 0. The molecule has 4 heterocycles. The molecule has 20 heavy (non-hydrogen) atoms. The highest BCUT2D eigenvalue weighted by Gasteiger charge is 2.49. The molecule has 2 saturated heterocycles. The third-order valence-corrected chi connectivity index (χ3v) is 3.91. The first kappa shape index (κ1) is 12.0. The minimum Gasteiger partial charge on any atom is -0.367 e. The Hall–Kier alpha value is -1.83. The molecule has 2 fully saturated rings. The molecule has 0 radical (unpaired) electrons. The molecule has 0 aromatic carbocycles. The Morgan fingerprint density at radius 1 is 1.15 bits per heavy atom. The van der Waals surface area contributed by atoms with Crippen molar-refractivity contribution in [1.82, 2.24) is 20.0 Å². The van der Waals surface area contributed by atoms with Crippen LogP contribution in [0.2, 0.25) is 0 Å². The van der Waals surface area contributed by atoms with E-state index in [-0.39, 0.29) is 24.3 Å². The van der Waals surface area contributed by atoms with E-state index in [0.717, 1.165) is 11.4 Å². The first-order valence-corrected chi connectivity index (χ1v) is 6.72. The first-order chi connectivity index (χ1) is 9.83. The summed E-state index contributed by atoms with van der Waals surface area (Å²) in [5, 5.41) is 8.39. The molecule has 0 amide bonds. The summed E-state index contributed by atoms with van der Waals surface area (Å²) < 4.78 is 13.4. The van der Waals surface area contributed by atoms with Crippen molar-refractivity contribution >= 4 is 0 Å². The summed E-state index contributed by atoms with van der Waals surface area (Å²) in [6.07, 6.45) is 3.74. The summed E-state index contributed by atoms with van der Waals surface area (Å²) in [6, 6.07) is 5.99. The zero-order chi connectivity index (χ0) is 13.5. The zero-order valence-corrected chi connectivity index (χ0v) is 10.9. The maximum Gasteiger partial charge on any atom is 0.140 e. The topological polar surface area (TPSA) is 89.7 Å². The van der Waals surface area contributed by atoms with Crippen molar-refractivity contribution in [3.63, 3.8) is 0 Å². The van der Waals surface area contributed by atoms with Gasteiger partial charge in [0.2, 0.25) is 0 Å². The number of hydrogen-bond donors (Lipinski definition) is 1. The predicted octanol–water partition coefficient (Wildman–Crippen LogP) is -0.711. The number of ether oxygens (including phenoxy) is 2. The van der Waals surface area contributed by atoms with Gasteiger partial charge in [-0.1, -0.05) is 11.3 Å². The zero-order valence-electron chi connectivity index (χ0n) is 10.9. The van der Waals surface area contributed by atoms with Gasteiger partial charge in [0.05, 0.1) is 18.5 Å². The fourth-order valence-corrected chi connectivity index (χ4v) is 2.86. The molecule has 0 bridgehead atoms. The monoisotopic (exact) mass is 274 g/mol. The first-order valence-electron chi connectivity index (χ1n) is 6.72. The second-order valence-electron chi connectivity index (χ2n) is 5.22. The summed E-state index contributed by atoms with van der Waals surface area (Å²) in [6.45, 7) is 1.24. The normalized spacial score (nSPS) is 32.5. The molecule has 3 N–H and O–H groups in total. The molecule has 2 aliphatic rings. The van der Waals surface area contributed by atoms with E-state index in [9.17, 15) is 0 Å². The second kappa shape index (κ2) is 4.62. The van der Waals surface area contributed by atoms with Crippen LogP contribution in [0.25, 0.3) is 11.4 Å². The molecule has 0 aliphatic carbocycles. The van der Waals surface area contributed by atoms with E-state index >= 15 is 0 Å². The minimum atomic E-state index is 0.0239. The third kappa shape index (κ3) is 1.82. The predicted molar refractivity (Wildman–Crippen MR) is 68.4 cm³/mol. The SMILES string of the molecule is [NH3+][C@H]1CO[C@H]2[C@@H]1OC[C@@H]2n1cc(-c2ccccn2)nn1. The second-order valence-corrected chi connectivity index (χ2v) is 5.22. The number of pyridine rings is 1. The number of rotatable bonds is 2. The van der Waals surface area contributed by atoms with Crippen molar-refractivity contribution in [1.29, 1.82) is 0 Å². The summed E-state index contributed by atoms with van der Waals surface area (Å²) in [4.78, 5) is 4.28. The highest BCUT2D eigenvalue weighted by atomic mass is 16.6. The number of aromatic nitrogens is 4. The van der Waals surface area contributed by atoms with Gasteiger partial charge in [0.15, 0.2) is 0 Å². The standard InChI is InChI=1S/C13H15N5O2/c14-8-6-19-13-11(7-20-12(8)13)18-5-10(16-17-18)9-3-1-2-4-15-9/h1-5,8,11-13H,6-7,14H2/p+1/t8-,11-,12+,13+/m0/s1. The summed E-state index contributed by atoms with van der Waals surface area (Å²) >= 11 is 0. The summed E-state index contributed by atoms with van der Waals surface area (Å²) in [5.41, 5.74) is 5.63. The fourth-order valence-electron chi connectivity index (χ4n) is 2.86. The molecule has 0 saturated carbocycles. The van der Waals surface area contributed by atoms with Gasteiger partial charge in [0.1, 0.15) is 36.6 Å². The molecule has 0 spiro atoms. The van der Waals surface area contributed by atoms with Gasteiger partial charge < -0.3 is 15.2 Å². The lowest BCUT2D eigenvalue weighted by Gasteiger charge is -2.14. The third-order valence-electron chi connectivity index (χ3n) is 3.91. The van der Waals surface area contributed by atoms with Gasteiger partial charge in [0.25, 0.3) is 0 Å². The van der Waals surface area contributed by atoms with Crippen molar-refractivity contribution in [3.8, 4) is 11.4 Å². The highest BCUT2D eigenvalue weighted by Crippen LogP contribution is 2.33. The van der Waals surface area contributed by atoms with E-state index in [4.69, 9.17) is 9.47 Å². The van der Waals surface area contributed by atoms with Gasteiger partial charge >= 0.3 is 0 Å². The van der Waals surface area contributed by atoms with Crippen molar-refractivity contribution in [2.24, 2.45) is 0 Å². The smallest absolute Gasteiger partial charge is 0.140 e. The molecule has 2 aromatic heterocycles. The van der Waals surface area contributed by atoms with E-state index in [2.05, 4.69) is 21.0 Å². The number of quaternary nitrogens is 1. The van der Waals surface area contributed by atoms with Crippen LogP contribution >= 0.6 is 0 Å². The quantitative estimate of drug-likeness (QED) is 0.781. The highest BCUT2D eigenvalue weighted by molar-refractivity contribution is 5.51. The summed E-state index contributed by atoms with van der Waals surface area (Å²) in [7, 11) is 0. The van der Waals surface area contributed by atoms with Crippen LogP contribution in [-0.2, 0) is 9.47 Å². The van der Waals surface area contributed by atoms with Gasteiger partial charge in [-0.2, -0.15) is 0 Å². The van der Waals surface area contributed by atoms with Crippen LogP contribution < -0.4 is 5.73 Å². The maximum absolute atomic E-state index is 5.78. The Labute approximate surface area is 115 Å². The average Bonchev–Trinajstić information content (AvgIpc) is 3.18. The molecule has 7 heteroatoms. The van der Waals surface area contributed by atoms with E-state index < -0.39 is 0 Å². The largest absolute Gasteiger partial charge is 0.367 e. The van der Waals surface area contributed by atoms with Crippen LogP contribution in [0.1, 0.15) is 6.04 Å². The lowest BCUT2D eigenvalue weighted by molar-refractivity contribution is -0.430. The van der Waals surface area contributed by atoms with Gasteiger partial charge in [-0.15, -0.1) is 5.10 Å². The van der Waals surface area contributed by atoms with Crippen LogP contribution in [-0.4, -0.2) is 51.4 Å². The maximum atomic E-state index is 5.78. The molecule has 104 valence electrons. The molecular weight excluding hydrogens is 258 g/mol. The number of fused-ring (bicyclic) bond motifs is 1. The van der Waals surface area contributed by atoms with Crippen LogP contribution in [0.3, 0.4) is 0 Å². The Balaban J connectivity index is 1.60. The lowest BCUT2D eigenvalue weighted by atomic mass is 10.1. The molecular formula is C13H16N5O2+. The molecule has 7 nitrogen and oxygen atoms in total. The van der Waals surface area contributed by atoms with E-state index in [1.54, 1.807) is 6.20 Å². The van der Waals surface area contributed by atoms with E-state index in [1.807, 2.05) is 29.1 Å². The van der Waals surface area contributed by atoms with Crippen LogP contribution in [0, 0.1) is 0 Å². The van der Waals surface area contributed by atoms with Gasteiger partial charge in [-0.25, -0.2) is 4.68 Å². The van der Waals surface area contributed by atoms with E-state index in [1.165, 1.54) is 0 Å².